The summed E-state index contributed by atoms with van der Waals surface area (Å²) in [5, 5.41) is 3.34. The first-order valence-corrected chi connectivity index (χ1v) is 9.26. The average molecular weight is 385 g/mol. The Labute approximate surface area is 163 Å². The van der Waals surface area contributed by atoms with Gasteiger partial charge < -0.3 is 5.32 Å². The van der Waals surface area contributed by atoms with E-state index in [1.165, 1.54) is 0 Å². The van der Waals surface area contributed by atoms with Gasteiger partial charge in [0.2, 0.25) is 5.91 Å². The largest absolute Gasteiger partial charge is 0.324 e. The maximum Gasteiger partial charge on any atom is 0.262 e. The highest BCUT2D eigenvalue weighted by Crippen LogP contribution is 2.29. The van der Waals surface area contributed by atoms with Gasteiger partial charge in [-0.05, 0) is 42.7 Å². The summed E-state index contributed by atoms with van der Waals surface area (Å²) >= 11 is 6.03. The van der Waals surface area contributed by atoms with E-state index >= 15 is 0 Å². The van der Waals surface area contributed by atoms with Gasteiger partial charge in [-0.25, -0.2) is 0 Å². The van der Waals surface area contributed by atoms with Gasteiger partial charge in [0.25, 0.3) is 11.8 Å². The van der Waals surface area contributed by atoms with Crippen LogP contribution >= 0.6 is 11.6 Å². The summed E-state index contributed by atoms with van der Waals surface area (Å²) in [4.78, 5) is 39.9. The fourth-order valence-corrected chi connectivity index (χ4v) is 3.42. The number of fused-ring (bicyclic) bond motifs is 1. The Balaban J connectivity index is 1.96. The van der Waals surface area contributed by atoms with Crippen LogP contribution in [0, 0.1) is 12.8 Å². The first-order chi connectivity index (χ1) is 12.8. The maximum absolute atomic E-state index is 13.1. The molecule has 1 aliphatic heterocycles. The van der Waals surface area contributed by atoms with Crippen molar-refractivity contribution in [3.8, 4) is 0 Å². The van der Waals surface area contributed by atoms with E-state index in [4.69, 9.17) is 11.6 Å². The Morgan fingerprint density at radius 3 is 2.26 bits per heavy atom. The van der Waals surface area contributed by atoms with E-state index in [-0.39, 0.29) is 5.92 Å². The molecule has 6 heteroatoms. The van der Waals surface area contributed by atoms with Gasteiger partial charge >= 0.3 is 0 Å². The summed E-state index contributed by atoms with van der Waals surface area (Å²) in [6, 6.07) is 10.9. The van der Waals surface area contributed by atoms with Gasteiger partial charge in [-0.2, -0.15) is 0 Å². The third-order valence-corrected chi connectivity index (χ3v) is 5.25. The number of hydrogen-bond donors (Lipinski definition) is 1. The fourth-order valence-electron chi connectivity index (χ4n) is 3.25. The number of benzene rings is 2. The molecule has 1 heterocycles. The predicted octanol–water partition coefficient (Wildman–Crippen LogP) is 4.30. The SMILES string of the molecule is CCC(C)C(C(=O)Nc1cc(Cl)ccc1C)N1C(=O)c2ccccc2C1=O. The maximum atomic E-state index is 13.1. The highest BCUT2D eigenvalue weighted by Gasteiger charge is 2.44. The summed E-state index contributed by atoms with van der Waals surface area (Å²) in [7, 11) is 0. The molecule has 27 heavy (non-hydrogen) atoms. The van der Waals surface area contributed by atoms with Crippen LogP contribution in [0.4, 0.5) is 5.69 Å². The third-order valence-electron chi connectivity index (χ3n) is 5.01. The molecule has 0 spiro atoms. The second-order valence-corrected chi connectivity index (χ2v) is 7.24. The van der Waals surface area contributed by atoms with E-state index in [1.54, 1.807) is 42.5 Å². The lowest BCUT2D eigenvalue weighted by Crippen LogP contribution is -2.50. The zero-order chi connectivity index (χ0) is 19.7. The number of amides is 3. The molecule has 0 bridgehead atoms. The van der Waals surface area contributed by atoms with E-state index in [0.717, 1.165) is 10.5 Å². The third kappa shape index (κ3) is 3.47. The van der Waals surface area contributed by atoms with Crippen LogP contribution in [0.25, 0.3) is 0 Å². The van der Waals surface area contributed by atoms with Crippen molar-refractivity contribution in [3.63, 3.8) is 0 Å². The minimum absolute atomic E-state index is 0.202. The summed E-state index contributed by atoms with van der Waals surface area (Å²) in [6.07, 6.45) is 0.639. The smallest absolute Gasteiger partial charge is 0.262 e. The fraction of sp³-hybridized carbons (Fsp3) is 0.286. The number of carbonyl (C=O) groups excluding carboxylic acids is 3. The zero-order valence-corrected chi connectivity index (χ0v) is 16.2. The molecular formula is C21H21ClN2O3. The highest BCUT2D eigenvalue weighted by molar-refractivity contribution is 6.31. The first-order valence-electron chi connectivity index (χ1n) is 8.89. The van der Waals surface area contributed by atoms with Crippen molar-refractivity contribution >= 4 is 35.0 Å². The Bertz CT molecular complexity index is 890. The Kier molecular flexibility index (Phi) is 5.33. The Morgan fingerprint density at radius 1 is 1.11 bits per heavy atom. The molecule has 140 valence electrons. The van der Waals surface area contributed by atoms with Crippen LogP contribution in [-0.4, -0.2) is 28.7 Å². The van der Waals surface area contributed by atoms with Crippen molar-refractivity contribution in [3.05, 3.63) is 64.2 Å². The van der Waals surface area contributed by atoms with Crippen LogP contribution in [0.3, 0.4) is 0 Å². The van der Waals surface area contributed by atoms with Gasteiger partial charge in [0, 0.05) is 10.7 Å². The standard InChI is InChI=1S/C21H21ClN2O3/c1-4-12(2)18(19(25)23-17-11-14(22)10-9-13(17)3)24-20(26)15-7-5-6-8-16(15)21(24)27/h5-12,18H,4H2,1-3H3,(H,23,25). The predicted molar refractivity (Wildman–Crippen MR) is 105 cm³/mol. The van der Waals surface area contributed by atoms with Gasteiger partial charge in [-0.3, -0.25) is 19.3 Å². The number of hydrogen-bond acceptors (Lipinski definition) is 3. The molecule has 0 aromatic heterocycles. The molecule has 1 aliphatic rings. The molecule has 1 N–H and O–H groups in total. The minimum Gasteiger partial charge on any atom is -0.324 e. The average Bonchev–Trinajstić information content (AvgIpc) is 2.90. The monoisotopic (exact) mass is 384 g/mol. The number of rotatable bonds is 5. The van der Waals surface area contributed by atoms with E-state index in [2.05, 4.69) is 5.32 Å². The number of anilines is 1. The van der Waals surface area contributed by atoms with Crippen LogP contribution in [0.1, 0.15) is 46.5 Å². The highest BCUT2D eigenvalue weighted by atomic mass is 35.5. The molecule has 3 amide bonds. The van der Waals surface area contributed by atoms with Crippen LogP contribution in [0.2, 0.25) is 5.02 Å². The van der Waals surface area contributed by atoms with Crippen LogP contribution in [0.5, 0.6) is 0 Å². The molecule has 5 nitrogen and oxygen atoms in total. The lowest BCUT2D eigenvalue weighted by atomic mass is 9.96. The van der Waals surface area contributed by atoms with Crippen LogP contribution in [-0.2, 0) is 4.79 Å². The molecule has 0 saturated carbocycles. The molecule has 2 aromatic rings. The molecule has 2 unspecified atom stereocenters. The molecule has 0 fully saturated rings. The number of nitrogens with zero attached hydrogens (tertiary/aromatic N) is 1. The van der Waals surface area contributed by atoms with Gasteiger partial charge in [-0.15, -0.1) is 0 Å². The number of aryl methyl sites for hydroxylation is 1. The van der Waals surface area contributed by atoms with Crippen molar-refractivity contribution in [1.29, 1.82) is 0 Å². The Hall–Kier alpha value is -2.66. The first kappa shape index (κ1) is 19.1. The van der Waals surface area contributed by atoms with Gasteiger partial charge in [0.15, 0.2) is 0 Å². The molecule has 0 radical (unpaired) electrons. The van der Waals surface area contributed by atoms with E-state index in [9.17, 15) is 14.4 Å². The molecule has 0 saturated heterocycles. The second kappa shape index (κ2) is 7.53. The molecule has 2 aromatic carbocycles. The number of carbonyl (C=O) groups is 3. The zero-order valence-electron chi connectivity index (χ0n) is 15.5. The summed E-state index contributed by atoms with van der Waals surface area (Å²) in [5.41, 5.74) is 2.08. The van der Waals surface area contributed by atoms with E-state index in [1.807, 2.05) is 20.8 Å². The molecular weight excluding hydrogens is 364 g/mol. The number of nitrogens with one attached hydrogen (secondary N) is 1. The normalized spacial score (nSPS) is 15.5. The number of halogens is 1. The van der Waals surface area contributed by atoms with Crippen molar-refractivity contribution < 1.29 is 14.4 Å². The summed E-state index contributed by atoms with van der Waals surface area (Å²) < 4.78 is 0. The molecule has 2 atom stereocenters. The van der Waals surface area contributed by atoms with Crippen molar-refractivity contribution in [2.75, 3.05) is 5.32 Å². The summed E-state index contributed by atoms with van der Waals surface area (Å²) in [5.74, 6) is -1.46. The summed E-state index contributed by atoms with van der Waals surface area (Å²) in [6.45, 7) is 5.64. The van der Waals surface area contributed by atoms with E-state index < -0.39 is 23.8 Å². The number of imide groups is 1. The van der Waals surface area contributed by atoms with Crippen molar-refractivity contribution in [2.24, 2.45) is 5.92 Å². The van der Waals surface area contributed by atoms with Crippen LogP contribution in [0.15, 0.2) is 42.5 Å². The lowest BCUT2D eigenvalue weighted by molar-refractivity contribution is -0.121. The Morgan fingerprint density at radius 2 is 1.70 bits per heavy atom. The topological polar surface area (TPSA) is 66.5 Å². The van der Waals surface area contributed by atoms with Crippen molar-refractivity contribution in [2.45, 2.75) is 33.2 Å². The second-order valence-electron chi connectivity index (χ2n) is 6.80. The van der Waals surface area contributed by atoms with Crippen LogP contribution < -0.4 is 5.32 Å². The van der Waals surface area contributed by atoms with E-state index in [0.29, 0.717) is 28.3 Å². The quantitative estimate of drug-likeness (QED) is 0.781. The van der Waals surface area contributed by atoms with Gasteiger partial charge in [0.1, 0.15) is 6.04 Å². The van der Waals surface area contributed by atoms with Gasteiger partial charge in [-0.1, -0.05) is 50.1 Å². The van der Waals surface area contributed by atoms with Crippen molar-refractivity contribution in [1.82, 2.24) is 4.90 Å². The minimum atomic E-state index is -0.902. The van der Waals surface area contributed by atoms with Gasteiger partial charge in [0.05, 0.1) is 11.1 Å². The molecule has 0 aliphatic carbocycles. The lowest BCUT2D eigenvalue weighted by Gasteiger charge is -2.30. The molecule has 3 rings (SSSR count).